The molecule has 2 rings (SSSR count). The van der Waals surface area contributed by atoms with E-state index in [4.69, 9.17) is 0 Å². The summed E-state index contributed by atoms with van der Waals surface area (Å²) < 4.78 is 0. The molecule has 0 radical (unpaired) electrons. The number of nitrogens with one attached hydrogen (secondary N) is 1. The van der Waals surface area contributed by atoms with E-state index in [0.717, 1.165) is 56.8 Å². The fourth-order valence-corrected chi connectivity index (χ4v) is 4.45. The SMILES string of the molecule is CCCN(CCC)C(=O)CCC(=O)Nc1ccc(CN2CCSCC2)cc1C. The van der Waals surface area contributed by atoms with Gasteiger partial charge in [0, 0.05) is 62.8 Å². The summed E-state index contributed by atoms with van der Waals surface area (Å²) in [7, 11) is 0. The van der Waals surface area contributed by atoms with Crippen LogP contribution in [0.2, 0.25) is 0 Å². The van der Waals surface area contributed by atoms with Crippen LogP contribution >= 0.6 is 11.8 Å². The molecular weight excluding hydrogens is 370 g/mol. The monoisotopic (exact) mass is 405 g/mol. The lowest BCUT2D eigenvalue weighted by molar-refractivity contribution is -0.132. The van der Waals surface area contributed by atoms with Crippen LogP contribution in [-0.4, -0.2) is 59.3 Å². The summed E-state index contributed by atoms with van der Waals surface area (Å²) in [6.07, 6.45) is 2.39. The first-order valence-corrected chi connectivity index (χ1v) is 11.7. The average molecular weight is 406 g/mol. The molecule has 1 N–H and O–H groups in total. The molecule has 0 unspecified atom stereocenters. The summed E-state index contributed by atoms with van der Waals surface area (Å²) in [6, 6.07) is 6.25. The number of carbonyl (C=O) groups excluding carboxylic acids is 2. The lowest BCUT2D eigenvalue weighted by Crippen LogP contribution is -2.33. The largest absolute Gasteiger partial charge is 0.343 e. The van der Waals surface area contributed by atoms with E-state index in [0.29, 0.717) is 0 Å². The molecule has 1 fully saturated rings. The van der Waals surface area contributed by atoms with E-state index in [-0.39, 0.29) is 24.7 Å². The predicted molar refractivity (Wildman–Crippen MR) is 119 cm³/mol. The van der Waals surface area contributed by atoms with Crippen LogP contribution in [0.25, 0.3) is 0 Å². The molecule has 0 aliphatic carbocycles. The average Bonchev–Trinajstić information content (AvgIpc) is 2.69. The fourth-order valence-electron chi connectivity index (χ4n) is 3.47. The second kappa shape index (κ2) is 12.1. The Morgan fingerprint density at radius 3 is 2.39 bits per heavy atom. The van der Waals surface area contributed by atoms with E-state index in [2.05, 4.69) is 36.2 Å². The van der Waals surface area contributed by atoms with E-state index in [9.17, 15) is 9.59 Å². The maximum atomic E-state index is 12.3. The number of benzene rings is 1. The normalized spacial score (nSPS) is 14.7. The topological polar surface area (TPSA) is 52.7 Å². The molecule has 5 nitrogen and oxygen atoms in total. The highest BCUT2D eigenvalue weighted by atomic mass is 32.2. The summed E-state index contributed by atoms with van der Waals surface area (Å²) in [5.74, 6) is 2.40. The van der Waals surface area contributed by atoms with Crippen LogP contribution in [0.4, 0.5) is 5.69 Å². The molecule has 2 amide bonds. The number of rotatable bonds is 10. The Labute approximate surface area is 174 Å². The van der Waals surface area contributed by atoms with Gasteiger partial charge in [0.1, 0.15) is 0 Å². The quantitative estimate of drug-likeness (QED) is 0.641. The molecule has 6 heteroatoms. The molecule has 1 saturated heterocycles. The van der Waals surface area contributed by atoms with Crippen LogP contribution in [0.1, 0.15) is 50.7 Å². The second-order valence-electron chi connectivity index (χ2n) is 7.47. The van der Waals surface area contributed by atoms with Gasteiger partial charge in [-0.1, -0.05) is 26.0 Å². The third-order valence-corrected chi connectivity index (χ3v) is 5.92. The number of nitrogens with zero attached hydrogens (tertiary/aromatic N) is 2. The van der Waals surface area contributed by atoms with Crippen molar-refractivity contribution in [1.82, 2.24) is 9.80 Å². The van der Waals surface area contributed by atoms with Gasteiger partial charge in [-0.3, -0.25) is 14.5 Å². The van der Waals surface area contributed by atoms with Crippen LogP contribution in [-0.2, 0) is 16.1 Å². The van der Waals surface area contributed by atoms with Crippen molar-refractivity contribution in [3.05, 3.63) is 29.3 Å². The molecule has 1 aromatic carbocycles. The van der Waals surface area contributed by atoms with Crippen LogP contribution < -0.4 is 5.32 Å². The zero-order valence-corrected chi connectivity index (χ0v) is 18.4. The van der Waals surface area contributed by atoms with Gasteiger partial charge in [0.2, 0.25) is 11.8 Å². The Kier molecular flexibility index (Phi) is 9.85. The maximum Gasteiger partial charge on any atom is 0.224 e. The molecule has 1 heterocycles. The van der Waals surface area contributed by atoms with Crippen LogP contribution in [0.15, 0.2) is 18.2 Å². The molecule has 0 atom stereocenters. The highest BCUT2D eigenvalue weighted by molar-refractivity contribution is 7.99. The van der Waals surface area contributed by atoms with Gasteiger partial charge in [0.15, 0.2) is 0 Å². The fraction of sp³-hybridized carbons (Fsp3) is 0.636. The molecule has 0 bridgehead atoms. The Bertz CT molecular complexity index is 639. The van der Waals surface area contributed by atoms with Crippen molar-refractivity contribution in [2.24, 2.45) is 0 Å². The third kappa shape index (κ3) is 7.47. The van der Waals surface area contributed by atoms with Crippen LogP contribution in [0, 0.1) is 6.92 Å². The molecule has 1 aliphatic rings. The smallest absolute Gasteiger partial charge is 0.224 e. The number of carbonyl (C=O) groups is 2. The summed E-state index contributed by atoms with van der Waals surface area (Å²) in [5, 5.41) is 2.97. The van der Waals surface area contributed by atoms with E-state index >= 15 is 0 Å². The molecular formula is C22H35N3O2S. The lowest BCUT2D eigenvalue weighted by Gasteiger charge is -2.26. The molecule has 156 valence electrons. The third-order valence-electron chi connectivity index (χ3n) is 4.98. The van der Waals surface area contributed by atoms with Crippen molar-refractivity contribution < 1.29 is 9.59 Å². The van der Waals surface area contributed by atoms with Gasteiger partial charge in [-0.05, 0) is 37.0 Å². The summed E-state index contributed by atoms with van der Waals surface area (Å²) in [5.41, 5.74) is 3.20. The summed E-state index contributed by atoms with van der Waals surface area (Å²) in [4.78, 5) is 29.0. The minimum atomic E-state index is -0.0924. The van der Waals surface area contributed by atoms with Gasteiger partial charge in [0.05, 0.1) is 0 Å². The Morgan fingerprint density at radius 2 is 1.79 bits per heavy atom. The summed E-state index contributed by atoms with van der Waals surface area (Å²) >= 11 is 2.02. The van der Waals surface area contributed by atoms with E-state index < -0.39 is 0 Å². The Hall–Kier alpha value is -1.53. The highest BCUT2D eigenvalue weighted by Crippen LogP contribution is 2.19. The van der Waals surface area contributed by atoms with Crippen LogP contribution in [0.3, 0.4) is 0 Å². The number of aryl methyl sites for hydroxylation is 1. The van der Waals surface area contributed by atoms with Crippen molar-refractivity contribution in [3.8, 4) is 0 Å². The second-order valence-corrected chi connectivity index (χ2v) is 8.69. The van der Waals surface area contributed by atoms with E-state index in [1.807, 2.05) is 29.7 Å². The lowest BCUT2D eigenvalue weighted by atomic mass is 10.1. The predicted octanol–water partition coefficient (Wildman–Crippen LogP) is 3.91. The first kappa shape index (κ1) is 22.8. The summed E-state index contributed by atoms with van der Waals surface area (Å²) in [6.45, 7) is 11.0. The van der Waals surface area contributed by atoms with Crippen molar-refractivity contribution in [2.45, 2.75) is 53.0 Å². The maximum absolute atomic E-state index is 12.3. The minimum absolute atomic E-state index is 0.0746. The highest BCUT2D eigenvalue weighted by Gasteiger charge is 2.15. The van der Waals surface area contributed by atoms with Crippen molar-refractivity contribution >= 4 is 29.3 Å². The molecule has 28 heavy (non-hydrogen) atoms. The van der Waals surface area contributed by atoms with E-state index in [1.165, 1.54) is 17.1 Å². The number of anilines is 1. The Morgan fingerprint density at radius 1 is 1.11 bits per heavy atom. The Balaban J connectivity index is 1.83. The number of hydrogen-bond acceptors (Lipinski definition) is 4. The van der Waals surface area contributed by atoms with Crippen LogP contribution in [0.5, 0.6) is 0 Å². The molecule has 1 aromatic rings. The van der Waals surface area contributed by atoms with Gasteiger partial charge < -0.3 is 10.2 Å². The first-order chi connectivity index (χ1) is 13.5. The van der Waals surface area contributed by atoms with Gasteiger partial charge in [-0.25, -0.2) is 0 Å². The number of amides is 2. The first-order valence-electron chi connectivity index (χ1n) is 10.5. The van der Waals surface area contributed by atoms with Crippen molar-refractivity contribution in [3.63, 3.8) is 0 Å². The number of hydrogen-bond donors (Lipinski definition) is 1. The van der Waals surface area contributed by atoms with E-state index in [1.54, 1.807) is 0 Å². The zero-order valence-electron chi connectivity index (χ0n) is 17.6. The standard InChI is InChI=1S/C22H35N3O2S/c1-4-10-25(11-5-2)22(27)9-8-21(26)23-20-7-6-19(16-18(20)3)17-24-12-14-28-15-13-24/h6-7,16H,4-5,8-15,17H2,1-3H3,(H,23,26). The van der Waals surface area contributed by atoms with Gasteiger partial charge in [-0.2, -0.15) is 11.8 Å². The number of thioether (sulfide) groups is 1. The van der Waals surface area contributed by atoms with Gasteiger partial charge >= 0.3 is 0 Å². The van der Waals surface area contributed by atoms with Crippen molar-refractivity contribution in [2.75, 3.05) is 43.0 Å². The molecule has 0 spiro atoms. The molecule has 1 aliphatic heterocycles. The van der Waals surface area contributed by atoms with Gasteiger partial charge in [0.25, 0.3) is 0 Å². The minimum Gasteiger partial charge on any atom is -0.343 e. The van der Waals surface area contributed by atoms with Crippen molar-refractivity contribution in [1.29, 1.82) is 0 Å². The molecule has 0 aromatic heterocycles. The van der Waals surface area contributed by atoms with Gasteiger partial charge in [-0.15, -0.1) is 0 Å². The molecule has 0 saturated carbocycles. The zero-order chi connectivity index (χ0) is 20.4.